The predicted octanol–water partition coefficient (Wildman–Crippen LogP) is 2.67. The Labute approximate surface area is 64.7 Å². The van der Waals surface area contributed by atoms with E-state index < -0.39 is 0 Å². The Bertz CT molecular complexity index is 171. The molecule has 0 radical (unpaired) electrons. The van der Waals surface area contributed by atoms with Gasteiger partial charge < -0.3 is 4.98 Å². The third kappa shape index (κ3) is 1.14. The summed E-state index contributed by atoms with van der Waals surface area (Å²) in [6.45, 7) is 0. The lowest BCUT2D eigenvalue weighted by atomic mass is 10.5. The van der Waals surface area contributed by atoms with Gasteiger partial charge in [0, 0.05) is 21.7 Å². The molecule has 0 saturated heterocycles. The van der Waals surface area contributed by atoms with E-state index in [0.29, 0.717) is 0 Å². The van der Waals surface area contributed by atoms with Crippen LogP contribution in [0.2, 0.25) is 0 Å². The molecule has 0 aromatic carbocycles. The molecule has 0 aliphatic rings. The molecule has 0 amide bonds. The van der Waals surface area contributed by atoms with Crippen LogP contribution < -0.4 is 0 Å². The van der Waals surface area contributed by atoms with Gasteiger partial charge in [-0.25, -0.2) is 0 Å². The summed E-state index contributed by atoms with van der Waals surface area (Å²) in [4.78, 5) is 3.06. The monoisotopic (exact) mass is 237 g/mol. The Hall–Kier alpha value is 0.240. The zero-order valence-corrected chi connectivity index (χ0v) is 7.29. The highest BCUT2D eigenvalue weighted by Crippen LogP contribution is 2.16. The van der Waals surface area contributed by atoms with Gasteiger partial charge in [-0.1, -0.05) is 15.9 Å². The van der Waals surface area contributed by atoms with E-state index in [1.807, 2.05) is 12.3 Å². The summed E-state index contributed by atoms with van der Waals surface area (Å²) in [5.41, 5.74) is 1.19. The molecule has 1 aromatic heterocycles. The quantitative estimate of drug-likeness (QED) is 0.725. The molecule has 0 aliphatic heterocycles. The summed E-state index contributed by atoms with van der Waals surface area (Å²) in [7, 11) is 0. The molecule has 0 aliphatic carbocycles. The van der Waals surface area contributed by atoms with Gasteiger partial charge in [-0.2, -0.15) is 0 Å². The molecule has 0 fully saturated rings. The van der Waals surface area contributed by atoms with Crippen molar-refractivity contribution in [3.8, 4) is 0 Å². The van der Waals surface area contributed by atoms with Crippen molar-refractivity contribution in [1.82, 2.24) is 4.98 Å². The number of aromatic nitrogens is 1. The fourth-order valence-corrected chi connectivity index (χ4v) is 1.71. The Morgan fingerprint density at radius 1 is 1.62 bits per heavy atom. The van der Waals surface area contributed by atoms with E-state index in [1.54, 1.807) is 0 Å². The first-order valence-corrected chi connectivity index (χ1v) is 4.13. The van der Waals surface area contributed by atoms with Crippen molar-refractivity contribution in [2.75, 3.05) is 0 Å². The van der Waals surface area contributed by atoms with Crippen molar-refractivity contribution in [1.29, 1.82) is 0 Å². The zero-order chi connectivity index (χ0) is 5.98. The fourth-order valence-electron chi connectivity index (χ4n) is 0.487. The van der Waals surface area contributed by atoms with Crippen LogP contribution in [0.5, 0.6) is 0 Å². The van der Waals surface area contributed by atoms with Gasteiger partial charge in [0.2, 0.25) is 0 Å². The minimum absolute atomic E-state index is 0.876. The second kappa shape index (κ2) is 2.69. The minimum Gasteiger partial charge on any atom is -0.363 e. The summed E-state index contributed by atoms with van der Waals surface area (Å²) >= 11 is 6.69. The molecule has 1 rings (SSSR count). The Morgan fingerprint density at radius 2 is 2.38 bits per heavy atom. The van der Waals surface area contributed by atoms with E-state index in [2.05, 4.69) is 36.8 Å². The van der Waals surface area contributed by atoms with Crippen molar-refractivity contribution < 1.29 is 0 Å². The molecule has 44 valence electrons. The number of hydrogen-bond acceptors (Lipinski definition) is 0. The molecule has 0 spiro atoms. The standard InChI is InChI=1S/C5H5Br2N/c6-3-5-4(7)1-2-8-5/h1-2,8H,3H2. The largest absolute Gasteiger partial charge is 0.363 e. The van der Waals surface area contributed by atoms with E-state index in [9.17, 15) is 0 Å². The van der Waals surface area contributed by atoms with Gasteiger partial charge >= 0.3 is 0 Å². The van der Waals surface area contributed by atoms with Gasteiger partial charge in [0.05, 0.1) is 0 Å². The van der Waals surface area contributed by atoms with E-state index in [1.165, 1.54) is 5.69 Å². The van der Waals surface area contributed by atoms with E-state index in [0.717, 1.165) is 9.80 Å². The van der Waals surface area contributed by atoms with Crippen LogP contribution in [-0.4, -0.2) is 4.98 Å². The highest BCUT2D eigenvalue weighted by atomic mass is 79.9. The lowest BCUT2D eigenvalue weighted by Gasteiger charge is -1.86. The molecule has 1 aromatic rings. The summed E-state index contributed by atoms with van der Waals surface area (Å²) in [5.74, 6) is 0. The zero-order valence-electron chi connectivity index (χ0n) is 4.12. The summed E-state index contributed by atoms with van der Waals surface area (Å²) < 4.78 is 1.13. The molecular weight excluding hydrogens is 234 g/mol. The van der Waals surface area contributed by atoms with Crippen LogP contribution in [0.15, 0.2) is 16.7 Å². The lowest BCUT2D eigenvalue weighted by molar-refractivity contribution is 1.23. The van der Waals surface area contributed by atoms with Crippen LogP contribution >= 0.6 is 31.9 Å². The molecule has 8 heavy (non-hydrogen) atoms. The smallest absolute Gasteiger partial charge is 0.0445 e. The maximum atomic E-state index is 3.37. The molecule has 1 heterocycles. The van der Waals surface area contributed by atoms with Crippen LogP contribution in [0, 0.1) is 0 Å². The topological polar surface area (TPSA) is 15.8 Å². The number of hydrogen-bond donors (Lipinski definition) is 1. The number of H-pyrrole nitrogens is 1. The van der Waals surface area contributed by atoms with Gasteiger partial charge in [0.25, 0.3) is 0 Å². The van der Waals surface area contributed by atoms with Crippen LogP contribution in [-0.2, 0) is 5.33 Å². The molecule has 0 unspecified atom stereocenters. The fraction of sp³-hybridized carbons (Fsp3) is 0.200. The first-order valence-electron chi connectivity index (χ1n) is 2.22. The average Bonchev–Trinajstić information content (AvgIpc) is 2.14. The molecular formula is C5H5Br2N. The number of rotatable bonds is 1. The second-order valence-corrected chi connectivity index (χ2v) is 2.85. The molecule has 0 bridgehead atoms. The first kappa shape index (κ1) is 6.36. The van der Waals surface area contributed by atoms with E-state index in [4.69, 9.17) is 0 Å². The van der Waals surface area contributed by atoms with Gasteiger partial charge in [0.15, 0.2) is 0 Å². The minimum atomic E-state index is 0.876. The first-order chi connectivity index (χ1) is 3.84. The highest BCUT2D eigenvalue weighted by Gasteiger charge is 1.94. The molecule has 0 atom stereocenters. The van der Waals surface area contributed by atoms with Crippen molar-refractivity contribution in [3.63, 3.8) is 0 Å². The molecule has 1 N–H and O–H groups in total. The van der Waals surface area contributed by atoms with Crippen molar-refractivity contribution in [3.05, 3.63) is 22.4 Å². The molecule has 1 nitrogen and oxygen atoms in total. The van der Waals surface area contributed by atoms with Crippen molar-refractivity contribution >= 4 is 31.9 Å². The van der Waals surface area contributed by atoms with Crippen molar-refractivity contribution in [2.45, 2.75) is 5.33 Å². The van der Waals surface area contributed by atoms with Gasteiger partial charge in [-0.05, 0) is 22.0 Å². The Morgan fingerprint density at radius 3 is 2.62 bits per heavy atom. The maximum absolute atomic E-state index is 3.37. The number of aromatic amines is 1. The van der Waals surface area contributed by atoms with Gasteiger partial charge in [-0.3, -0.25) is 0 Å². The summed E-state index contributed by atoms with van der Waals surface area (Å²) in [5, 5.41) is 0.876. The highest BCUT2D eigenvalue weighted by molar-refractivity contribution is 9.10. The van der Waals surface area contributed by atoms with Gasteiger partial charge in [0.1, 0.15) is 0 Å². The normalized spacial score (nSPS) is 9.75. The summed E-state index contributed by atoms with van der Waals surface area (Å²) in [6, 6.07) is 1.98. The number of nitrogens with one attached hydrogen (secondary N) is 1. The van der Waals surface area contributed by atoms with Crippen LogP contribution in [0.3, 0.4) is 0 Å². The van der Waals surface area contributed by atoms with Crippen LogP contribution in [0.25, 0.3) is 0 Å². The summed E-state index contributed by atoms with van der Waals surface area (Å²) in [6.07, 6.45) is 1.90. The molecule has 3 heteroatoms. The predicted molar refractivity (Wildman–Crippen MR) is 41.1 cm³/mol. The van der Waals surface area contributed by atoms with Crippen LogP contribution in [0.4, 0.5) is 0 Å². The van der Waals surface area contributed by atoms with Crippen LogP contribution in [0.1, 0.15) is 5.69 Å². The van der Waals surface area contributed by atoms with E-state index >= 15 is 0 Å². The van der Waals surface area contributed by atoms with Gasteiger partial charge in [-0.15, -0.1) is 0 Å². The average molecular weight is 239 g/mol. The second-order valence-electron chi connectivity index (χ2n) is 1.44. The third-order valence-corrected chi connectivity index (χ3v) is 2.21. The molecule has 0 saturated carbocycles. The SMILES string of the molecule is BrCc1[nH]ccc1Br. The number of halogens is 2. The Kier molecular flexibility index (Phi) is 2.14. The Balaban J connectivity index is 2.92. The third-order valence-electron chi connectivity index (χ3n) is 0.909. The van der Waals surface area contributed by atoms with E-state index in [-0.39, 0.29) is 0 Å². The number of alkyl halides is 1. The lowest BCUT2D eigenvalue weighted by Crippen LogP contribution is -1.73. The maximum Gasteiger partial charge on any atom is 0.0445 e. The van der Waals surface area contributed by atoms with Crippen molar-refractivity contribution in [2.24, 2.45) is 0 Å².